The molecular weight excluding hydrogens is 285 g/mol. The lowest BCUT2D eigenvalue weighted by Gasteiger charge is -2.08. The lowest BCUT2D eigenvalue weighted by Crippen LogP contribution is -2.01. The lowest BCUT2D eigenvalue weighted by molar-refractivity contribution is 0.613. The van der Waals surface area contributed by atoms with Crippen LogP contribution < -0.4 is 11.1 Å². The zero-order valence-electron chi connectivity index (χ0n) is 11.2. The third kappa shape index (κ3) is 2.87. The quantitative estimate of drug-likeness (QED) is 0.761. The van der Waals surface area contributed by atoms with Gasteiger partial charge in [-0.05, 0) is 23.2 Å². The Morgan fingerprint density at radius 2 is 1.76 bits per heavy atom. The fourth-order valence-electron chi connectivity index (χ4n) is 2.12. The highest BCUT2D eigenvalue weighted by Gasteiger charge is 2.13. The Balaban J connectivity index is 1.86. The predicted octanol–water partition coefficient (Wildman–Crippen LogP) is 4.14. The lowest BCUT2D eigenvalue weighted by atomic mass is 10.1. The molecule has 0 aliphatic heterocycles. The average molecular weight is 299 g/mol. The molecule has 21 heavy (non-hydrogen) atoms. The van der Waals surface area contributed by atoms with Gasteiger partial charge in [-0.2, -0.15) is 4.37 Å². The van der Waals surface area contributed by atoms with Crippen molar-refractivity contribution in [2.75, 3.05) is 11.1 Å². The van der Waals surface area contributed by atoms with Gasteiger partial charge < -0.3 is 11.1 Å². The number of nitrogens with one attached hydrogen (secondary N) is 1. The molecule has 0 amide bonds. The highest BCUT2D eigenvalue weighted by molar-refractivity contribution is 7.11. The van der Waals surface area contributed by atoms with Crippen LogP contribution in [-0.2, 0) is 6.54 Å². The third-order valence-electron chi connectivity index (χ3n) is 3.18. The molecule has 0 spiro atoms. The summed E-state index contributed by atoms with van der Waals surface area (Å²) >= 11 is 1.29. The van der Waals surface area contributed by atoms with Crippen molar-refractivity contribution in [3.63, 3.8) is 0 Å². The van der Waals surface area contributed by atoms with Crippen LogP contribution >= 0.6 is 11.5 Å². The van der Waals surface area contributed by atoms with E-state index in [0.717, 1.165) is 16.1 Å². The molecule has 3 rings (SSSR count). The maximum Gasteiger partial charge on any atom is 0.147 e. The zero-order valence-corrected chi connectivity index (χ0v) is 12.0. The molecular formula is C16H14FN3S. The van der Waals surface area contributed by atoms with E-state index in [9.17, 15) is 4.39 Å². The molecule has 106 valence electrons. The largest absolute Gasteiger partial charge is 0.382 e. The summed E-state index contributed by atoms with van der Waals surface area (Å²) in [6.07, 6.45) is 0. The Morgan fingerprint density at radius 3 is 2.52 bits per heavy atom. The fourth-order valence-corrected chi connectivity index (χ4v) is 2.86. The fraction of sp³-hybridized carbons (Fsp3) is 0.0625. The summed E-state index contributed by atoms with van der Waals surface area (Å²) in [4.78, 5) is 0. The number of hydrogen-bond donors (Lipinski definition) is 2. The van der Waals surface area contributed by atoms with Crippen molar-refractivity contribution < 1.29 is 4.39 Å². The Kier molecular flexibility index (Phi) is 3.83. The minimum atomic E-state index is -0.219. The van der Waals surface area contributed by atoms with E-state index in [1.54, 1.807) is 12.1 Å². The molecule has 3 N–H and O–H groups in total. The van der Waals surface area contributed by atoms with Crippen molar-refractivity contribution in [1.82, 2.24) is 4.37 Å². The number of benzene rings is 2. The van der Waals surface area contributed by atoms with Crippen molar-refractivity contribution in [3.05, 3.63) is 66.0 Å². The molecule has 0 radical (unpaired) electrons. The van der Waals surface area contributed by atoms with Crippen LogP contribution in [0.5, 0.6) is 0 Å². The molecule has 0 saturated carbocycles. The topological polar surface area (TPSA) is 50.9 Å². The maximum atomic E-state index is 13.6. The number of nitrogen functional groups attached to an aromatic ring is 1. The first kappa shape index (κ1) is 13.6. The van der Waals surface area contributed by atoms with Crippen LogP contribution in [0, 0.1) is 5.82 Å². The molecule has 0 atom stereocenters. The van der Waals surface area contributed by atoms with Gasteiger partial charge >= 0.3 is 0 Å². The van der Waals surface area contributed by atoms with Crippen LogP contribution in [0.4, 0.5) is 15.2 Å². The number of nitrogens with zero attached hydrogens (tertiary/aromatic N) is 1. The second-order valence-corrected chi connectivity index (χ2v) is 5.36. The summed E-state index contributed by atoms with van der Waals surface area (Å²) in [6.45, 7) is 0.397. The minimum Gasteiger partial charge on any atom is -0.382 e. The maximum absolute atomic E-state index is 13.6. The number of rotatable bonds is 4. The number of aromatic nitrogens is 1. The van der Waals surface area contributed by atoms with E-state index in [-0.39, 0.29) is 5.82 Å². The molecule has 0 bridgehead atoms. The molecule has 0 saturated heterocycles. The van der Waals surface area contributed by atoms with Gasteiger partial charge in [0.25, 0.3) is 0 Å². The first-order valence-corrected chi connectivity index (χ1v) is 7.31. The molecule has 1 aromatic heterocycles. The number of halogens is 1. The Bertz CT molecular complexity index is 740. The van der Waals surface area contributed by atoms with E-state index >= 15 is 0 Å². The van der Waals surface area contributed by atoms with Gasteiger partial charge in [0.15, 0.2) is 0 Å². The van der Waals surface area contributed by atoms with Gasteiger partial charge in [0, 0.05) is 12.1 Å². The molecule has 3 nitrogen and oxygen atoms in total. The van der Waals surface area contributed by atoms with Gasteiger partial charge in [-0.15, -0.1) is 0 Å². The van der Waals surface area contributed by atoms with Crippen LogP contribution in [0.1, 0.15) is 5.56 Å². The summed E-state index contributed by atoms with van der Waals surface area (Å²) in [7, 11) is 0. The molecule has 0 aliphatic carbocycles. The predicted molar refractivity (Wildman–Crippen MR) is 85.7 cm³/mol. The smallest absolute Gasteiger partial charge is 0.147 e. The van der Waals surface area contributed by atoms with Crippen molar-refractivity contribution in [2.24, 2.45) is 0 Å². The third-order valence-corrected chi connectivity index (χ3v) is 4.00. The Hall–Kier alpha value is -2.40. The average Bonchev–Trinajstić information content (AvgIpc) is 2.88. The number of anilines is 2. The van der Waals surface area contributed by atoms with Crippen molar-refractivity contribution >= 4 is 22.4 Å². The molecule has 2 aromatic carbocycles. The van der Waals surface area contributed by atoms with E-state index in [2.05, 4.69) is 9.69 Å². The van der Waals surface area contributed by atoms with E-state index in [0.29, 0.717) is 17.9 Å². The molecule has 0 unspecified atom stereocenters. The van der Waals surface area contributed by atoms with E-state index in [1.807, 2.05) is 36.4 Å². The molecule has 1 heterocycles. The summed E-state index contributed by atoms with van der Waals surface area (Å²) in [5.41, 5.74) is 8.44. The summed E-state index contributed by atoms with van der Waals surface area (Å²) < 4.78 is 17.8. The molecule has 0 fully saturated rings. The van der Waals surface area contributed by atoms with E-state index < -0.39 is 0 Å². The minimum absolute atomic E-state index is 0.219. The van der Waals surface area contributed by atoms with Gasteiger partial charge in [0.2, 0.25) is 0 Å². The van der Waals surface area contributed by atoms with Crippen LogP contribution in [0.15, 0.2) is 54.6 Å². The SMILES string of the molecule is Nc1nsc(NCc2ccccc2F)c1-c1ccccc1. The van der Waals surface area contributed by atoms with Gasteiger partial charge in [-0.25, -0.2) is 4.39 Å². The first-order chi connectivity index (χ1) is 10.3. The first-order valence-electron chi connectivity index (χ1n) is 6.53. The zero-order chi connectivity index (χ0) is 14.7. The van der Waals surface area contributed by atoms with Crippen molar-refractivity contribution in [2.45, 2.75) is 6.54 Å². The van der Waals surface area contributed by atoms with Crippen molar-refractivity contribution in [3.8, 4) is 11.1 Å². The van der Waals surface area contributed by atoms with Crippen molar-refractivity contribution in [1.29, 1.82) is 0 Å². The standard InChI is InChI=1S/C16H14FN3S/c17-13-9-5-4-8-12(13)10-19-16-14(15(18)20-21-16)11-6-2-1-3-7-11/h1-9,19H,10H2,(H2,18,20). The van der Waals surface area contributed by atoms with Crippen LogP contribution in [-0.4, -0.2) is 4.37 Å². The Labute approximate surface area is 126 Å². The van der Waals surface area contributed by atoms with Gasteiger partial charge in [0.1, 0.15) is 16.6 Å². The van der Waals surface area contributed by atoms with Gasteiger partial charge in [-0.3, -0.25) is 0 Å². The summed E-state index contributed by atoms with van der Waals surface area (Å²) in [5.74, 6) is 0.269. The Morgan fingerprint density at radius 1 is 1.05 bits per heavy atom. The molecule has 5 heteroatoms. The van der Waals surface area contributed by atoms with E-state index in [4.69, 9.17) is 5.73 Å². The van der Waals surface area contributed by atoms with Crippen LogP contribution in [0.2, 0.25) is 0 Å². The molecule has 0 aliphatic rings. The number of hydrogen-bond acceptors (Lipinski definition) is 4. The second kappa shape index (κ2) is 5.93. The monoisotopic (exact) mass is 299 g/mol. The van der Waals surface area contributed by atoms with Gasteiger partial charge in [0.05, 0.1) is 5.56 Å². The highest BCUT2D eigenvalue weighted by atomic mass is 32.1. The molecule has 3 aromatic rings. The number of nitrogens with two attached hydrogens (primary N) is 1. The highest BCUT2D eigenvalue weighted by Crippen LogP contribution is 2.36. The normalized spacial score (nSPS) is 10.5. The van der Waals surface area contributed by atoms with Crippen LogP contribution in [0.3, 0.4) is 0 Å². The van der Waals surface area contributed by atoms with E-state index in [1.165, 1.54) is 17.6 Å². The van der Waals surface area contributed by atoms with Gasteiger partial charge in [-0.1, -0.05) is 48.5 Å². The van der Waals surface area contributed by atoms with Crippen LogP contribution in [0.25, 0.3) is 11.1 Å². The second-order valence-electron chi connectivity index (χ2n) is 4.58. The summed E-state index contributed by atoms with van der Waals surface area (Å²) in [5, 5.41) is 4.07. The summed E-state index contributed by atoms with van der Waals surface area (Å²) in [6, 6.07) is 16.5.